The van der Waals surface area contributed by atoms with Gasteiger partial charge >= 0.3 is 0 Å². The molecule has 1 aliphatic carbocycles. The van der Waals surface area contributed by atoms with Crippen LogP contribution in [0.4, 0.5) is 0 Å². The lowest BCUT2D eigenvalue weighted by molar-refractivity contribution is 0.169. The quantitative estimate of drug-likeness (QED) is 0.818. The number of likely N-dealkylation sites (tertiary alicyclic amines) is 1. The Morgan fingerprint density at radius 1 is 1.08 bits per heavy atom. The number of hydrogen-bond acceptors (Lipinski definition) is 4. The number of ether oxygens (including phenoxy) is 1. The molecule has 1 saturated carbocycles. The van der Waals surface area contributed by atoms with Gasteiger partial charge in [-0.05, 0) is 50.3 Å². The van der Waals surface area contributed by atoms with E-state index in [1.807, 2.05) is 6.07 Å². The van der Waals surface area contributed by atoms with E-state index in [1.165, 1.54) is 57.3 Å². The van der Waals surface area contributed by atoms with E-state index in [0.29, 0.717) is 12.1 Å². The number of halogens is 2. The van der Waals surface area contributed by atoms with Crippen LogP contribution in [0.3, 0.4) is 0 Å². The second-order valence-electron chi connectivity index (χ2n) is 7.74. The van der Waals surface area contributed by atoms with Gasteiger partial charge in [0.2, 0.25) is 0 Å². The van der Waals surface area contributed by atoms with Crippen molar-refractivity contribution in [1.82, 2.24) is 15.1 Å². The minimum absolute atomic E-state index is 0. The van der Waals surface area contributed by atoms with Crippen molar-refractivity contribution in [1.29, 1.82) is 0 Å². The SMILES string of the molecule is Cl.Clc1ccc(OC2CCCC2)c(CN2CCC(N3CCNCC3)C2)c1. The predicted octanol–water partition coefficient (Wildman–Crippen LogP) is 3.56. The third-order valence-corrected chi connectivity index (χ3v) is 6.16. The summed E-state index contributed by atoms with van der Waals surface area (Å²) >= 11 is 6.28. The van der Waals surface area contributed by atoms with Gasteiger partial charge < -0.3 is 10.1 Å². The maximum absolute atomic E-state index is 6.31. The Morgan fingerprint density at radius 2 is 1.85 bits per heavy atom. The molecule has 0 spiro atoms. The van der Waals surface area contributed by atoms with E-state index >= 15 is 0 Å². The average Bonchev–Trinajstić information content (AvgIpc) is 3.30. The molecule has 6 heteroatoms. The van der Waals surface area contributed by atoms with E-state index in [4.69, 9.17) is 16.3 Å². The molecule has 3 aliphatic rings. The fourth-order valence-corrected chi connectivity index (χ4v) is 4.71. The summed E-state index contributed by atoms with van der Waals surface area (Å²) in [7, 11) is 0. The van der Waals surface area contributed by atoms with Gasteiger partial charge in [-0.15, -0.1) is 12.4 Å². The zero-order valence-electron chi connectivity index (χ0n) is 15.5. The monoisotopic (exact) mass is 399 g/mol. The van der Waals surface area contributed by atoms with Crippen LogP contribution in [0.2, 0.25) is 5.02 Å². The van der Waals surface area contributed by atoms with Gasteiger partial charge in [0.25, 0.3) is 0 Å². The highest BCUT2D eigenvalue weighted by Gasteiger charge is 2.29. The molecule has 2 aliphatic heterocycles. The van der Waals surface area contributed by atoms with E-state index < -0.39 is 0 Å². The number of nitrogens with zero attached hydrogens (tertiary/aromatic N) is 2. The first-order valence-electron chi connectivity index (χ1n) is 9.90. The lowest BCUT2D eigenvalue weighted by atomic mass is 10.1. The molecule has 0 aromatic heterocycles. The van der Waals surface area contributed by atoms with E-state index in [-0.39, 0.29) is 12.4 Å². The van der Waals surface area contributed by atoms with Crippen molar-refractivity contribution in [2.75, 3.05) is 39.3 Å². The minimum atomic E-state index is 0. The first-order valence-corrected chi connectivity index (χ1v) is 10.3. The Balaban J connectivity index is 0.00000196. The van der Waals surface area contributed by atoms with Crippen LogP contribution in [-0.4, -0.2) is 61.2 Å². The molecule has 0 bridgehead atoms. The molecule has 3 fully saturated rings. The molecule has 1 atom stereocenters. The summed E-state index contributed by atoms with van der Waals surface area (Å²) in [6.07, 6.45) is 6.65. The first-order chi connectivity index (χ1) is 12.3. The molecule has 1 N–H and O–H groups in total. The molecule has 1 aromatic carbocycles. The topological polar surface area (TPSA) is 27.7 Å². The molecular weight excluding hydrogens is 369 g/mol. The highest BCUT2D eigenvalue weighted by molar-refractivity contribution is 6.30. The Bertz CT molecular complexity index is 574. The van der Waals surface area contributed by atoms with Crippen LogP contribution in [-0.2, 0) is 6.54 Å². The van der Waals surface area contributed by atoms with Crippen molar-refractivity contribution in [3.05, 3.63) is 28.8 Å². The van der Waals surface area contributed by atoms with E-state index in [2.05, 4.69) is 27.2 Å². The van der Waals surface area contributed by atoms with Crippen LogP contribution >= 0.6 is 24.0 Å². The van der Waals surface area contributed by atoms with E-state index in [1.54, 1.807) is 0 Å². The molecule has 1 aromatic rings. The summed E-state index contributed by atoms with van der Waals surface area (Å²) in [5, 5.41) is 4.26. The van der Waals surface area contributed by atoms with Gasteiger partial charge in [0.1, 0.15) is 5.75 Å². The summed E-state index contributed by atoms with van der Waals surface area (Å²) in [4.78, 5) is 5.23. The van der Waals surface area contributed by atoms with Crippen molar-refractivity contribution in [3.63, 3.8) is 0 Å². The van der Waals surface area contributed by atoms with Crippen LogP contribution in [0.5, 0.6) is 5.75 Å². The Labute approximate surface area is 168 Å². The standard InChI is InChI=1S/C20H30ClN3O.ClH/c21-17-5-6-20(25-19-3-1-2-4-19)16(13-17)14-23-10-7-18(15-23)24-11-8-22-9-12-24;/h5-6,13,18-19,22H,1-4,7-12,14-15H2;1H. The van der Waals surface area contributed by atoms with E-state index in [9.17, 15) is 0 Å². The fraction of sp³-hybridized carbons (Fsp3) is 0.700. The maximum atomic E-state index is 6.31. The third-order valence-electron chi connectivity index (χ3n) is 5.93. The number of piperazine rings is 1. The zero-order chi connectivity index (χ0) is 17.1. The van der Waals surface area contributed by atoms with Gasteiger partial charge in [0.05, 0.1) is 6.10 Å². The molecule has 4 rings (SSSR count). The van der Waals surface area contributed by atoms with Gasteiger partial charge in [-0.1, -0.05) is 11.6 Å². The highest BCUT2D eigenvalue weighted by atomic mass is 35.5. The van der Waals surface area contributed by atoms with Crippen molar-refractivity contribution in [3.8, 4) is 5.75 Å². The smallest absolute Gasteiger partial charge is 0.124 e. The maximum Gasteiger partial charge on any atom is 0.124 e. The van der Waals surface area contributed by atoms with Crippen LogP contribution < -0.4 is 10.1 Å². The zero-order valence-corrected chi connectivity index (χ0v) is 17.0. The second kappa shape index (κ2) is 9.61. The first kappa shape index (κ1) is 20.2. The molecule has 146 valence electrons. The largest absolute Gasteiger partial charge is 0.490 e. The average molecular weight is 400 g/mol. The summed E-state index contributed by atoms with van der Waals surface area (Å²) in [5.41, 5.74) is 1.25. The number of nitrogens with one attached hydrogen (secondary N) is 1. The minimum Gasteiger partial charge on any atom is -0.490 e. The molecular formula is C20H31Cl2N3O. The lowest BCUT2D eigenvalue weighted by Gasteiger charge is -2.32. The molecule has 2 saturated heterocycles. The predicted molar refractivity (Wildman–Crippen MR) is 110 cm³/mol. The van der Waals surface area contributed by atoms with Gasteiger partial charge in [-0.3, -0.25) is 9.80 Å². The summed E-state index contributed by atoms with van der Waals surface area (Å²) < 4.78 is 6.31. The number of rotatable bonds is 5. The molecule has 2 heterocycles. The Morgan fingerprint density at radius 3 is 2.62 bits per heavy atom. The Kier molecular flexibility index (Phi) is 7.47. The van der Waals surface area contributed by atoms with Crippen LogP contribution in [0.1, 0.15) is 37.7 Å². The molecule has 1 unspecified atom stereocenters. The second-order valence-corrected chi connectivity index (χ2v) is 8.18. The molecule has 26 heavy (non-hydrogen) atoms. The van der Waals surface area contributed by atoms with Crippen molar-refractivity contribution in [2.24, 2.45) is 0 Å². The molecule has 4 nitrogen and oxygen atoms in total. The highest BCUT2D eigenvalue weighted by Crippen LogP contribution is 2.30. The van der Waals surface area contributed by atoms with Crippen molar-refractivity contribution >= 4 is 24.0 Å². The normalized spacial score (nSPS) is 25.3. The van der Waals surface area contributed by atoms with Gasteiger partial charge in [-0.25, -0.2) is 0 Å². The van der Waals surface area contributed by atoms with Gasteiger partial charge in [0, 0.05) is 62.4 Å². The summed E-state index contributed by atoms with van der Waals surface area (Å²) in [5.74, 6) is 1.04. The van der Waals surface area contributed by atoms with Gasteiger partial charge in [0.15, 0.2) is 0 Å². The van der Waals surface area contributed by atoms with Crippen molar-refractivity contribution in [2.45, 2.75) is 50.8 Å². The Hall–Kier alpha value is -0.520. The summed E-state index contributed by atoms with van der Waals surface area (Å²) in [6, 6.07) is 6.84. The van der Waals surface area contributed by atoms with Crippen LogP contribution in [0, 0.1) is 0 Å². The number of benzene rings is 1. The van der Waals surface area contributed by atoms with E-state index in [0.717, 1.165) is 37.0 Å². The molecule has 0 amide bonds. The fourth-order valence-electron chi connectivity index (χ4n) is 4.51. The van der Waals surface area contributed by atoms with Crippen LogP contribution in [0.25, 0.3) is 0 Å². The van der Waals surface area contributed by atoms with Crippen LogP contribution in [0.15, 0.2) is 18.2 Å². The number of hydrogen-bond donors (Lipinski definition) is 1. The summed E-state index contributed by atoms with van der Waals surface area (Å²) in [6.45, 7) is 7.91. The van der Waals surface area contributed by atoms with Crippen molar-refractivity contribution < 1.29 is 4.74 Å². The molecule has 0 radical (unpaired) electrons. The lowest BCUT2D eigenvalue weighted by Crippen LogP contribution is -2.49. The van der Waals surface area contributed by atoms with Gasteiger partial charge in [-0.2, -0.15) is 0 Å². The third kappa shape index (κ3) is 5.05.